The normalized spacial score (nSPS) is 12.5. The lowest BCUT2D eigenvalue weighted by Gasteiger charge is -2.33. The molecule has 210 valence electrons. The average molecular weight is 546 g/mol. The summed E-state index contributed by atoms with van der Waals surface area (Å²) in [5, 5.41) is 2.92. The first-order valence-electron chi connectivity index (χ1n) is 13.1. The fraction of sp³-hybridized carbons (Fsp3) is 0.517. The summed E-state index contributed by atoms with van der Waals surface area (Å²) >= 11 is 0. The van der Waals surface area contributed by atoms with E-state index < -0.39 is 28.5 Å². The molecule has 0 saturated carbocycles. The number of hydrogen-bond acceptors (Lipinski definition) is 5. The third-order valence-electron chi connectivity index (χ3n) is 6.43. The SMILES string of the molecule is CCCCNC(=O)[C@H](CC)N(Cc1ccc(OC)cc1)C(=O)CN(c1ccc(C(C)(C)C)cc1)S(C)(=O)=O. The Morgan fingerprint density at radius 2 is 1.61 bits per heavy atom. The molecule has 2 aromatic rings. The smallest absolute Gasteiger partial charge is 0.244 e. The summed E-state index contributed by atoms with van der Waals surface area (Å²) in [6.07, 6.45) is 3.24. The van der Waals surface area contributed by atoms with E-state index in [0.29, 0.717) is 24.4 Å². The van der Waals surface area contributed by atoms with Gasteiger partial charge < -0.3 is 15.0 Å². The van der Waals surface area contributed by atoms with Gasteiger partial charge in [-0.2, -0.15) is 0 Å². The molecule has 1 N–H and O–H groups in total. The molecule has 0 fully saturated rings. The van der Waals surface area contributed by atoms with Crippen molar-refractivity contribution >= 4 is 27.5 Å². The third-order valence-corrected chi connectivity index (χ3v) is 7.57. The Morgan fingerprint density at radius 3 is 2.08 bits per heavy atom. The van der Waals surface area contributed by atoms with Crippen LogP contribution in [0, 0.1) is 0 Å². The highest BCUT2D eigenvalue weighted by molar-refractivity contribution is 7.92. The van der Waals surface area contributed by atoms with Crippen molar-refractivity contribution in [3.63, 3.8) is 0 Å². The Kier molecular flexibility index (Phi) is 11.2. The van der Waals surface area contributed by atoms with Gasteiger partial charge in [0.25, 0.3) is 0 Å². The van der Waals surface area contributed by atoms with Crippen molar-refractivity contribution in [3.05, 3.63) is 59.7 Å². The van der Waals surface area contributed by atoms with Gasteiger partial charge >= 0.3 is 0 Å². The lowest BCUT2D eigenvalue weighted by atomic mass is 9.87. The van der Waals surface area contributed by atoms with E-state index in [1.807, 2.05) is 38.1 Å². The second kappa shape index (κ2) is 13.6. The zero-order valence-electron chi connectivity index (χ0n) is 23.8. The number of amides is 2. The minimum atomic E-state index is -3.78. The number of benzene rings is 2. The number of sulfonamides is 1. The third kappa shape index (κ3) is 8.75. The molecule has 38 heavy (non-hydrogen) atoms. The fourth-order valence-corrected chi connectivity index (χ4v) is 4.94. The molecule has 2 rings (SSSR count). The molecule has 2 aromatic carbocycles. The van der Waals surface area contributed by atoms with Crippen molar-refractivity contribution in [1.82, 2.24) is 10.2 Å². The van der Waals surface area contributed by atoms with E-state index in [1.165, 1.54) is 4.90 Å². The summed E-state index contributed by atoms with van der Waals surface area (Å²) in [6, 6.07) is 13.7. The highest BCUT2D eigenvalue weighted by atomic mass is 32.2. The van der Waals surface area contributed by atoms with Gasteiger partial charge in [-0.15, -0.1) is 0 Å². The number of hydrogen-bond donors (Lipinski definition) is 1. The van der Waals surface area contributed by atoms with Crippen LogP contribution < -0.4 is 14.4 Å². The maximum atomic E-state index is 13.8. The number of carbonyl (C=O) groups excluding carboxylic acids is 2. The van der Waals surface area contributed by atoms with Crippen molar-refractivity contribution in [1.29, 1.82) is 0 Å². The summed E-state index contributed by atoms with van der Waals surface area (Å²) < 4.78 is 32.0. The van der Waals surface area contributed by atoms with Crippen LogP contribution in [0.1, 0.15) is 65.0 Å². The Bertz CT molecular complexity index is 1160. The first-order chi connectivity index (χ1) is 17.8. The molecule has 0 heterocycles. The van der Waals surface area contributed by atoms with E-state index in [0.717, 1.165) is 34.5 Å². The van der Waals surface area contributed by atoms with Gasteiger partial charge in [0, 0.05) is 13.1 Å². The molecule has 1 atom stereocenters. The number of nitrogens with one attached hydrogen (secondary N) is 1. The number of rotatable bonds is 13. The zero-order chi connectivity index (χ0) is 28.5. The molecular formula is C29H43N3O5S. The number of ether oxygens (including phenoxy) is 1. The van der Waals surface area contributed by atoms with Crippen LogP contribution in [0.25, 0.3) is 0 Å². The first kappa shape index (κ1) is 31.1. The standard InChI is InChI=1S/C29H43N3O5S/c1-8-10-19-30-28(34)26(9-2)31(20-22-11-17-25(37-6)18-12-22)27(33)21-32(38(7,35)36)24-15-13-23(14-16-24)29(3,4)5/h11-18,26H,8-10,19-21H2,1-7H3,(H,30,34)/t26-/m0/s1. The van der Waals surface area contributed by atoms with E-state index in [9.17, 15) is 18.0 Å². The number of carbonyl (C=O) groups is 2. The Morgan fingerprint density at radius 1 is 1.00 bits per heavy atom. The summed E-state index contributed by atoms with van der Waals surface area (Å²) in [6.45, 7) is 10.4. The van der Waals surface area contributed by atoms with Crippen molar-refractivity contribution in [3.8, 4) is 5.75 Å². The molecule has 0 spiro atoms. The van der Waals surface area contributed by atoms with E-state index >= 15 is 0 Å². The maximum Gasteiger partial charge on any atom is 0.244 e. The monoisotopic (exact) mass is 545 g/mol. The molecule has 0 aromatic heterocycles. The molecule has 0 unspecified atom stereocenters. The number of nitrogens with zero attached hydrogens (tertiary/aromatic N) is 2. The molecule has 0 aliphatic carbocycles. The van der Waals surface area contributed by atoms with Crippen LogP contribution in [0.5, 0.6) is 5.75 Å². The summed E-state index contributed by atoms with van der Waals surface area (Å²) in [4.78, 5) is 28.4. The van der Waals surface area contributed by atoms with Gasteiger partial charge in [0.05, 0.1) is 19.1 Å². The van der Waals surface area contributed by atoms with Gasteiger partial charge in [-0.25, -0.2) is 8.42 Å². The summed E-state index contributed by atoms with van der Waals surface area (Å²) in [7, 11) is -2.20. The molecule has 9 heteroatoms. The largest absolute Gasteiger partial charge is 0.497 e. The van der Waals surface area contributed by atoms with Crippen molar-refractivity contribution in [2.45, 2.75) is 71.9 Å². The predicted octanol–water partition coefficient (Wildman–Crippen LogP) is 4.48. The molecule has 0 saturated heterocycles. The molecule has 0 aliphatic rings. The Hall–Kier alpha value is -3.07. The molecule has 0 radical (unpaired) electrons. The number of anilines is 1. The number of methoxy groups -OCH3 is 1. The summed E-state index contributed by atoms with van der Waals surface area (Å²) in [5.41, 5.74) is 2.16. The predicted molar refractivity (Wildman–Crippen MR) is 153 cm³/mol. The Labute approximate surface area is 228 Å². The van der Waals surface area contributed by atoms with Gasteiger partial charge in [0.1, 0.15) is 18.3 Å². The fourth-order valence-electron chi connectivity index (χ4n) is 4.09. The molecule has 0 bridgehead atoms. The van der Waals surface area contributed by atoms with Gasteiger partial charge in [-0.05, 0) is 53.6 Å². The van der Waals surface area contributed by atoms with Gasteiger partial charge in [-0.1, -0.05) is 65.3 Å². The summed E-state index contributed by atoms with van der Waals surface area (Å²) in [5.74, 6) is -0.0233. The number of unbranched alkanes of at least 4 members (excludes halogenated alkanes) is 1. The van der Waals surface area contributed by atoms with Crippen molar-refractivity contribution < 1.29 is 22.7 Å². The van der Waals surface area contributed by atoms with E-state index in [2.05, 4.69) is 26.1 Å². The van der Waals surface area contributed by atoms with E-state index in [4.69, 9.17) is 4.74 Å². The molecular weight excluding hydrogens is 502 g/mol. The van der Waals surface area contributed by atoms with E-state index in [1.54, 1.807) is 31.4 Å². The molecule has 2 amide bonds. The van der Waals surface area contributed by atoms with Crippen LogP contribution in [-0.4, -0.2) is 57.6 Å². The van der Waals surface area contributed by atoms with Gasteiger partial charge in [0.15, 0.2) is 0 Å². The zero-order valence-corrected chi connectivity index (χ0v) is 24.6. The molecule has 0 aliphatic heterocycles. The van der Waals surface area contributed by atoms with Crippen LogP contribution in [0.4, 0.5) is 5.69 Å². The quantitative estimate of drug-likeness (QED) is 0.375. The topological polar surface area (TPSA) is 96.0 Å². The van der Waals surface area contributed by atoms with E-state index in [-0.39, 0.29) is 17.9 Å². The van der Waals surface area contributed by atoms with Crippen LogP contribution in [-0.2, 0) is 31.6 Å². The van der Waals surface area contributed by atoms with Gasteiger partial charge in [0.2, 0.25) is 21.8 Å². The second-order valence-electron chi connectivity index (χ2n) is 10.5. The minimum absolute atomic E-state index is 0.0983. The van der Waals surface area contributed by atoms with Crippen LogP contribution in [0.2, 0.25) is 0 Å². The van der Waals surface area contributed by atoms with Crippen LogP contribution >= 0.6 is 0 Å². The van der Waals surface area contributed by atoms with Crippen LogP contribution in [0.15, 0.2) is 48.5 Å². The highest BCUT2D eigenvalue weighted by Crippen LogP contribution is 2.26. The lowest BCUT2D eigenvalue weighted by Crippen LogP contribution is -2.52. The Balaban J connectivity index is 2.41. The van der Waals surface area contributed by atoms with Crippen molar-refractivity contribution in [2.75, 3.05) is 30.8 Å². The average Bonchev–Trinajstić information content (AvgIpc) is 2.86. The second-order valence-corrected chi connectivity index (χ2v) is 12.4. The van der Waals surface area contributed by atoms with Crippen molar-refractivity contribution in [2.24, 2.45) is 0 Å². The minimum Gasteiger partial charge on any atom is -0.497 e. The maximum absolute atomic E-state index is 13.8. The first-order valence-corrected chi connectivity index (χ1v) is 14.9. The lowest BCUT2D eigenvalue weighted by molar-refractivity contribution is -0.140. The highest BCUT2D eigenvalue weighted by Gasteiger charge is 2.31. The molecule has 8 nitrogen and oxygen atoms in total. The van der Waals surface area contributed by atoms with Crippen LogP contribution in [0.3, 0.4) is 0 Å². The van der Waals surface area contributed by atoms with Gasteiger partial charge in [-0.3, -0.25) is 13.9 Å².